The maximum Gasteiger partial charge on any atom is 0.350 e. The van der Waals surface area contributed by atoms with Crippen molar-refractivity contribution >= 4 is 26.9 Å². The van der Waals surface area contributed by atoms with Gasteiger partial charge in [0.05, 0.1) is 0 Å². The Balaban J connectivity index is 0.00000182. The van der Waals surface area contributed by atoms with E-state index in [2.05, 4.69) is 26.6 Å². The van der Waals surface area contributed by atoms with E-state index in [0.29, 0.717) is 10.1 Å². The summed E-state index contributed by atoms with van der Waals surface area (Å²) in [5.41, 5.74) is 3.25. The zero-order chi connectivity index (χ0) is 16.8. The Kier molecular flexibility index (Phi) is 5.20. The predicted molar refractivity (Wildman–Crippen MR) is 94.4 cm³/mol. The van der Waals surface area contributed by atoms with Crippen LogP contribution in [0.1, 0.15) is 16.7 Å². The van der Waals surface area contributed by atoms with Gasteiger partial charge in [-0.3, -0.25) is 0 Å². The average Bonchev–Trinajstić information content (AvgIpc) is 2.98. The van der Waals surface area contributed by atoms with Gasteiger partial charge in [0.15, 0.2) is 25.0 Å². The molecule has 0 bridgehead atoms. The zero-order valence-electron chi connectivity index (χ0n) is 13.9. The first-order valence-corrected chi connectivity index (χ1v) is 8.70. The van der Waals surface area contributed by atoms with Gasteiger partial charge in [-0.05, 0) is 47.0 Å². The van der Waals surface area contributed by atoms with E-state index < -0.39 is 0 Å². The highest BCUT2D eigenvalue weighted by molar-refractivity contribution is 9.10. The fourth-order valence-corrected chi connectivity index (χ4v) is 3.63. The van der Waals surface area contributed by atoms with E-state index in [-0.39, 0.29) is 35.7 Å². The molecule has 130 valence electrons. The number of aromatic nitrogens is 1. The van der Waals surface area contributed by atoms with Gasteiger partial charge in [-0.2, -0.15) is 0 Å². The Morgan fingerprint density at radius 1 is 1.20 bits per heavy atom. The molecule has 2 aromatic heterocycles. The van der Waals surface area contributed by atoms with E-state index in [1.54, 1.807) is 0 Å². The normalized spacial score (nSPS) is 15.6. The van der Waals surface area contributed by atoms with Crippen molar-refractivity contribution in [3.05, 3.63) is 68.2 Å². The SMILES string of the molecule is Cc1c(Br)c(=O)oc2c(C)c3c(cc12)CC(C[n+]1ccccc1)O3.[I-]. The van der Waals surface area contributed by atoms with Crippen molar-refractivity contribution in [2.45, 2.75) is 32.9 Å². The molecule has 1 aromatic carbocycles. The summed E-state index contributed by atoms with van der Waals surface area (Å²) >= 11 is 3.32. The number of hydrogen-bond donors (Lipinski definition) is 0. The molecule has 0 saturated carbocycles. The summed E-state index contributed by atoms with van der Waals surface area (Å²) in [5.74, 6) is 0.855. The molecule has 1 atom stereocenters. The van der Waals surface area contributed by atoms with Gasteiger partial charge in [-0.25, -0.2) is 9.36 Å². The Hall–Kier alpha value is -1.41. The first-order valence-electron chi connectivity index (χ1n) is 7.90. The van der Waals surface area contributed by atoms with Crippen LogP contribution in [0.25, 0.3) is 11.0 Å². The Bertz CT molecular complexity index is 1000. The molecule has 0 saturated heterocycles. The first kappa shape index (κ1) is 18.4. The third-order valence-corrected chi connectivity index (χ3v) is 5.49. The number of fused-ring (bicyclic) bond motifs is 2. The van der Waals surface area contributed by atoms with Crippen molar-refractivity contribution in [2.24, 2.45) is 0 Å². The van der Waals surface area contributed by atoms with E-state index >= 15 is 0 Å². The molecular weight excluding hydrogens is 497 g/mol. The Labute approximate surface area is 171 Å². The van der Waals surface area contributed by atoms with Gasteiger partial charge in [0.1, 0.15) is 15.8 Å². The van der Waals surface area contributed by atoms with Crippen molar-refractivity contribution in [1.82, 2.24) is 0 Å². The maximum atomic E-state index is 12.0. The molecule has 3 heterocycles. The summed E-state index contributed by atoms with van der Waals surface area (Å²) in [5, 5.41) is 0.967. The number of hydrogen-bond acceptors (Lipinski definition) is 3. The van der Waals surface area contributed by atoms with E-state index in [1.807, 2.05) is 44.4 Å². The average molecular weight is 514 g/mol. The Morgan fingerprint density at radius 3 is 2.64 bits per heavy atom. The van der Waals surface area contributed by atoms with Crippen molar-refractivity contribution in [3.63, 3.8) is 0 Å². The fraction of sp³-hybridized carbons (Fsp3) is 0.263. The third kappa shape index (κ3) is 3.21. The highest BCUT2D eigenvalue weighted by Crippen LogP contribution is 2.38. The lowest BCUT2D eigenvalue weighted by Crippen LogP contribution is -3.00. The van der Waals surface area contributed by atoms with Crippen LogP contribution in [-0.2, 0) is 13.0 Å². The molecule has 0 spiro atoms. The number of pyridine rings is 1. The Morgan fingerprint density at radius 2 is 1.92 bits per heavy atom. The zero-order valence-corrected chi connectivity index (χ0v) is 17.6. The smallest absolute Gasteiger partial charge is 0.350 e. The fourth-order valence-electron chi connectivity index (χ4n) is 3.33. The number of nitrogens with zero attached hydrogens (tertiary/aromatic N) is 1. The van der Waals surface area contributed by atoms with Crippen LogP contribution in [-0.4, -0.2) is 6.10 Å². The van der Waals surface area contributed by atoms with E-state index in [1.165, 1.54) is 5.56 Å². The minimum Gasteiger partial charge on any atom is -1.00 e. The minimum absolute atomic E-state index is 0. The van der Waals surface area contributed by atoms with Crippen molar-refractivity contribution < 1.29 is 37.7 Å². The minimum atomic E-state index is -0.350. The van der Waals surface area contributed by atoms with Crippen LogP contribution >= 0.6 is 15.9 Å². The highest BCUT2D eigenvalue weighted by atomic mass is 127. The second-order valence-corrected chi connectivity index (χ2v) is 7.00. The molecule has 1 unspecified atom stereocenters. The molecular formula is C19H17BrINO3. The quantitative estimate of drug-likeness (QED) is 0.284. The van der Waals surface area contributed by atoms with E-state index in [9.17, 15) is 4.79 Å². The number of ether oxygens (including phenoxy) is 1. The van der Waals surface area contributed by atoms with Crippen LogP contribution < -0.4 is 38.9 Å². The lowest BCUT2D eigenvalue weighted by Gasteiger charge is -2.10. The lowest BCUT2D eigenvalue weighted by atomic mass is 10.0. The predicted octanol–water partition coefficient (Wildman–Crippen LogP) is 0.468. The van der Waals surface area contributed by atoms with Crippen LogP contribution in [0, 0.1) is 13.8 Å². The van der Waals surface area contributed by atoms with Crippen molar-refractivity contribution in [1.29, 1.82) is 0 Å². The second-order valence-electron chi connectivity index (χ2n) is 6.21. The van der Waals surface area contributed by atoms with Gasteiger partial charge >= 0.3 is 5.63 Å². The third-order valence-electron chi connectivity index (χ3n) is 4.57. The second kappa shape index (κ2) is 7.07. The van der Waals surface area contributed by atoms with E-state index in [4.69, 9.17) is 9.15 Å². The molecule has 1 aliphatic heterocycles. The van der Waals surface area contributed by atoms with Gasteiger partial charge in [-0.1, -0.05) is 6.07 Å². The molecule has 4 nitrogen and oxygen atoms in total. The first-order chi connectivity index (χ1) is 11.5. The van der Waals surface area contributed by atoms with Crippen LogP contribution in [0.5, 0.6) is 5.75 Å². The van der Waals surface area contributed by atoms with Gasteiger partial charge in [0.2, 0.25) is 0 Å². The summed E-state index contributed by atoms with van der Waals surface area (Å²) in [4.78, 5) is 12.0. The van der Waals surface area contributed by atoms with Crippen LogP contribution in [0.3, 0.4) is 0 Å². The molecule has 0 N–H and O–H groups in total. The molecule has 3 aromatic rings. The summed E-state index contributed by atoms with van der Waals surface area (Å²) < 4.78 is 14.3. The van der Waals surface area contributed by atoms with Crippen molar-refractivity contribution in [2.75, 3.05) is 0 Å². The molecule has 0 aliphatic carbocycles. The summed E-state index contributed by atoms with van der Waals surface area (Å²) in [6.07, 6.45) is 5.01. The molecule has 0 fully saturated rings. The van der Waals surface area contributed by atoms with Crippen LogP contribution in [0.15, 0.2) is 50.3 Å². The van der Waals surface area contributed by atoms with E-state index in [0.717, 1.165) is 35.2 Å². The standard InChI is InChI=1S/C19H17BrNO3.HI/c1-11-15-9-13-8-14(10-21-6-4-3-5-7-21)23-17(13)12(2)18(15)24-19(22)16(11)20;/h3-7,9,14H,8,10H2,1-2H3;1H/q+1;/p-1. The molecule has 1 aliphatic rings. The number of aryl methyl sites for hydroxylation is 2. The maximum absolute atomic E-state index is 12.0. The topological polar surface area (TPSA) is 43.3 Å². The number of halogens is 2. The number of benzene rings is 1. The highest BCUT2D eigenvalue weighted by Gasteiger charge is 2.29. The molecule has 6 heteroatoms. The molecule has 0 amide bonds. The van der Waals surface area contributed by atoms with Gasteiger partial charge in [0, 0.05) is 29.5 Å². The lowest BCUT2D eigenvalue weighted by molar-refractivity contribution is -0.702. The monoisotopic (exact) mass is 513 g/mol. The van der Waals surface area contributed by atoms with Gasteiger partial charge in [0.25, 0.3) is 0 Å². The van der Waals surface area contributed by atoms with Gasteiger partial charge in [-0.15, -0.1) is 0 Å². The summed E-state index contributed by atoms with van der Waals surface area (Å²) in [7, 11) is 0. The van der Waals surface area contributed by atoms with Crippen LogP contribution in [0.4, 0.5) is 0 Å². The molecule has 4 rings (SSSR count). The van der Waals surface area contributed by atoms with Crippen LogP contribution in [0.2, 0.25) is 0 Å². The van der Waals surface area contributed by atoms with Crippen molar-refractivity contribution in [3.8, 4) is 5.75 Å². The largest absolute Gasteiger partial charge is 1.00 e. The van der Waals surface area contributed by atoms with Gasteiger partial charge < -0.3 is 33.1 Å². The summed E-state index contributed by atoms with van der Waals surface area (Å²) in [6, 6.07) is 8.12. The number of rotatable bonds is 2. The molecule has 0 radical (unpaired) electrons. The summed E-state index contributed by atoms with van der Waals surface area (Å²) in [6.45, 7) is 4.68. The molecule has 25 heavy (non-hydrogen) atoms.